The summed E-state index contributed by atoms with van der Waals surface area (Å²) in [7, 11) is 0. The molecule has 0 unspecified atom stereocenters. The van der Waals surface area contributed by atoms with Crippen LogP contribution in [0, 0.1) is 6.92 Å². The monoisotopic (exact) mass is 320 g/mol. The third-order valence-corrected chi connectivity index (χ3v) is 4.60. The first-order valence-corrected chi connectivity index (χ1v) is 9.04. The molecule has 0 heterocycles. The van der Waals surface area contributed by atoms with Crippen molar-refractivity contribution in [1.29, 1.82) is 0 Å². The molecule has 1 heteroatoms. The second kappa shape index (κ2) is 9.91. The molecule has 0 saturated heterocycles. The fraction of sp³-hybridized carbons (Fsp3) is 0.182. The van der Waals surface area contributed by atoms with E-state index in [0.29, 0.717) is 0 Å². The predicted molar refractivity (Wildman–Crippen MR) is 103 cm³/mol. The average molecular weight is 321 g/mol. The van der Waals surface area contributed by atoms with Gasteiger partial charge in [-0.1, -0.05) is 85.3 Å². The maximum atomic E-state index is 2.23. The summed E-state index contributed by atoms with van der Waals surface area (Å²) in [6.07, 6.45) is 1.12. The highest BCUT2D eigenvalue weighted by Gasteiger charge is 1.96. The van der Waals surface area contributed by atoms with Gasteiger partial charge in [-0.2, -0.15) is 0 Å². The molecular weight excluding hydrogens is 296 g/mol. The molecule has 0 spiro atoms. The molecule has 3 aromatic carbocycles. The molecule has 23 heavy (non-hydrogen) atoms. The van der Waals surface area contributed by atoms with E-state index < -0.39 is 0 Å². The van der Waals surface area contributed by atoms with Crippen molar-refractivity contribution >= 4 is 11.8 Å². The van der Waals surface area contributed by atoms with Crippen molar-refractivity contribution in [3.8, 4) is 0 Å². The first kappa shape index (κ1) is 17.4. The molecule has 0 fully saturated rings. The zero-order chi connectivity index (χ0) is 16.3. The van der Waals surface area contributed by atoms with E-state index in [0.717, 1.165) is 12.2 Å². The van der Waals surface area contributed by atoms with E-state index in [9.17, 15) is 0 Å². The summed E-state index contributed by atoms with van der Waals surface area (Å²) >= 11 is 1.89. The van der Waals surface area contributed by atoms with Crippen LogP contribution in [-0.2, 0) is 12.2 Å². The van der Waals surface area contributed by atoms with Crippen LogP contribution < -0.4 is 0 Å². The third kappa shape index (κ3) is 6.75. The summed E-state index contributed by atoms with van der Waals surface area (Å²) in [5.74, 6) is 1.05. The van der Waals surface area contributed by atoms with Gasteiger partial charge in [0.2, 0.25) is 0 Å². The van der Waals surface area contributed by atoms with Crippen LogP contribution in [0.25, 0.3) is 0 Å². The van der Waals surface area contributed by atoms with Crippen LogP contribution in [0.15, 0.2) is 89.8 Å². The van der Waals surface area contributed by atoms with Crippen molar-refractivity contribution in [1.82, 2.24) is 0 Å². The van der Waals surface area contributed by atoms with Gasteiger partial charge in [-0.25, -0.2) is 0 Å². The Morgan fingerprint density at radius 3 is 1.65 bits per heavy atom. The van der Waals surface area contributed by atoms with Crippen LogP contribution in [-0.4, -0.2) is 0 Å². The van der Waals surface area contributed by atoms with Gasteiger partial charge in [0, 0.05) is 10.6 Å². The van der Waals surface area contributed by atoms with E-state index in [1.54, 1.807) is 0 Å². The number of hydrogen-bond donors (Lipinski definition) is 0. The lowest BCUT2D eigenvalue weighted by Gasteiger charge is -2.03. The minimum Gasteiger partial charge on any atom is -0.121 e. The zero-order valence-corrected chi connectivity index (χ0v) is 14.7. The van der Waals surface area contributed by atoms with E-state index in [2.05, 4.69) is 80.6 Å². The van der Waals surface area contributed by atoms with Gasteiger partial charge in [0.05, 0.1) is 0 Å². The number of rotatable bonds is 4. The Kier molecular flexibility index (Phi) is 7.48. The largest absolute Gasteiger partial charge is 0.121 e. The lowest BCUT2D eigenvalue weighted by Crippen LogP contribution is -1.83. The fourth-order valence-electron chi connectivity index (χ4n) is 2.09. The molecule has 3 rings (SSSR count). The molecule has 0 aliphatic rings. The van der Waals surface area contributed by atoms with Crippen LogP contribution in [0.5, 0.6) is 0 Å². The summed E-state index contributed by atoms with van der Waals surface area (Å²) in [5, 5.41) is 0. The van der Waals surface area contributed by atoms with Gasteiger partial charge in [0.25, 0.3) is 0 Å². The fourth-order valence-corrected chi connectivity index (χ4v) is 2.96. The second-order valence-corrected chi connectivity index (χ2v) is 6.48. The molecular formula is C22H24S. The quantitative estimate of drug-likeness (QED) is 0.492. The SMILES string of the molecule is CCc1ccc(CSc2ccccc2)cc1.Cc1ccccc1. The summed E-state index contributed by atoms with van der Waals surface area (Å²) in [6.45, 7) is 4.27. The maximum Gasteiger partial charge on any atom is 0.0231 e. The molecule has 0 N–H and O–H groups in total. The second-order valence-electron chi connectivity index (χ2n) is 5.43. The van der Waals surface area contributed by atoms with Crippen molar-refractivity contribution in [2.24, 2.45) is 0 Å². The Morgan fingerprint density at radius 2 is 1.17 bits per heavy atom. The topological polar surface area (TPSA) is 0 Å². The van der Waals surface area contributed by atoms with Crippen LogP contribution in [0.4, 0.5) is 0 Å². The van der Waals surface area contributed by atoms with Gasteiger partial charge in [-0.05, 0) is 36.6 Å². The van der Waals surface area contributed by atoms with Crippen molar-refractivity contribution in [2.75, 3.05) is 0 Å². The molecule has 0 bridgehead atoms. The normalized spacial score (nSPS) is 9.83. The standard InChI is InChI=1S/C15H16S.C7H8/c1-2-13-8-10-14(11-9-13)12-16-15-6-4-3-5-7-15;1-7-5-3-2-4-6-7/h3-11H,2,12H2,1H3;2-6H,1H3. The summed E-state index contributed by atoms with van der Waals surface area (Å²) in [5.41, 5.74) is 4.13. The molecule has 3 aromatic rings. The van der Waals surface area contributed by atoms with Gasteiger partial charge < -0.3 is 0 Å². The molecule has 0 amide bonds. The Bertz CT molecular complexity index is 657. The van der Waals surface area contributed by atoms with Crippen LogP contribution >= 0.6 is 11.8 Å². The van der Waals surface area contributed by atoms with Gasteiger partial charge >= 0.3 is 0 Å². The van der Waals surface area contributed by atoms with E-state index in [4.69, 9.17) is 0 Å². The number of hydrogen-bond acceptors (Lipinski definition) is 1. The molecule has 0 atom stereocenters. The molecule has 0 nitrogen and oxygen atoms in total. The van der Waals surface area contributed by atoms with E-state index in [1.807, 2.05) is 30.0 Å². The number of aryl methyl sites for hydroxylation is 2. The van der Waals surface area contributed by atoms with E-state index in [-0.39, 0.29) is 0 Å². The molecule has 0 saturated carbocycles. The Labute approximate surface area is 144 Å². The molecule has 0 aromatic heterocycles. The zero-order valence-electron chi connectivity index (χ0n) is 13.9. The van der Waals surface area contributed by atoms with Crippen LogP contribution in [0.2, 0.25) is 0 Å². The van der Waals surface area contributed by atoms with Gasteiger partial charge in [-0.3, -0.25) is 0 Å². The van der Waals surface area contributed by atoms with E-state index in [1.165, 1.54) is 21.6 Å². The molecule has 0 aliphatic carbocycles. The number of thioether (sulfide) groups is 1. The molecule has 0 aliphatic heterocycles. The van der Waals surface area contributed by atoms with Crippen molar-refractivity contribution < 1.29 is 0 Å². The van der Waals surface area contributed by atoms with Gasteiger partial charge in [-0.15, -0.1) is 11.8 Å². The minimum atomic E-state index is 1.05. The Morgan fingerprint density at radius 1 is 0.652 bits per heavy atom. The minimum absolute atomic E-state index is 1.05. The van der Waals surface area contributed by atoms with Crippen LogP contribution in [0.1, 0.15) is 23.6 Å². The van der Waals surface area contributed by atoms with Gasteiger partial charge in [0.1, 0.15) is 0 Å². The first-order valence-electron chi connectivity index (χ1n) is 8.05. The Balaban J connectivity index is 0.000000229. The highest BCUT2D eigenvalue weighted by Crippen LogP contribution is 2.22. The van der Waals surface area contributed by atoms with E-state index >= 15 is 0 Å². The summed E-state index contributed by atoms with van der Waals surface area (Å²) in [4.78, 5) is 1.34. The smallest absolute Gasteiger partial charge is 0.0231 e. The predicted octanol–water partition coefficient (Wildman–Crippen LogP) is 6.54. The van der Waals surface area contributed by atoms with Gasteiger partial charge in [0.15, 0.2) is 0 Å². The maximum absolute atomic E-state index is 2.23. The van der Waals surface area contributed by atoms with Crippen molar-refractivity contribution in [2.45, 2.75) is 30.9 Å². The summed E-state index contributed by atoms with van der Waals surface area (Å²) in [6, 6.07) is 29.7. The Hall–Kier alpha value is -1.99. The third-order valence-electron chi connectivity index (χ3n) is 3.52. The highest BCUT2D eigenvalue weighted by atomic mass is 32.2. The summed E-state index contributed by atoms with van der Waals surface area (Å²) < 4.78 is 0. The highest BCUT2D eigenvalue weighted by molar-refractivity contribution is 7.98. The number of benzene rings is 3. The first-order chi connectivity index (χ1) is 11.3. The average Bonchev–Trinajstić information content (AvgIpc) is 2.62. The van der Waals surface area contributed by atoms with Crippen molar-refractivity contribution in [3.05, 3.63) is 102 Å². The lowest BCUT2D eigenvalue weighted by atomic mass is 10.1. The van der Waals surface area contributed by atoms with Crippen LogP contribution in [0.3, 0.4) is 0 Å². The van der Waals surface area contributed by atoms with Crippen molar-refractivity contribution in [3.63, 3.8) is 0 Å². The molecule has 118 valence electrons. The lowest BCUT2D eigenvalue weighted by molar-refractivity contribution is 1.13. The molecule has 0 radical (unpaired) electrons.